The summed E-state index contributed by atoms with van der Waals surface area (Å²) in [5.74, 6) is 0.989. The van der Waals surface area contributed by atoms with Gasteiger partial charge in [0.2, 0.25) is 0 Å². The van der Waals surface area contributed by atoms with Crippen molar-refractivity contribution < 1.29 is 27.4 Å². The number of ether oxygens (including phenoxy) is 3. The summed E-state index contributed by atoms with van der Waals surface area (Å²) in [7, 11) is 0.642. The van der Waals surface area contributed by atoms with Gasteiger partial charge in [0, 0.05) is 24.5 Å². The highest BCUT2D eigenvalue weighted by Crippen LogP contribution is 2.30. The average molecular weight is 457 g/mol. The fourth-order valence-corrected chi connectivity index (χ4v) is 4.81. The molecule has 0 unspecified atom stereocenters. The molecule has 1 N–H and O–H groups in total. The normalized spacial score (nSPS) is 12.0. The Morgan fingerprint density at radius 3 is 2.28 bits per heavy atom. The van der Waals surface area contributed by atoms with E-state index in [1.807, 2.05) is 0 Å². The van der Waals surface area contributed by atoms with Gasteiger partial charge in [-0.1, -0.05) is 6.07 Å². The number of benzene rings is 2. The van der Waals surface area contributed by atoms with Crippen LogP contribution in [0, 0.1) is 0 Å². The van der Waals surface area contributed by atoms with Crippen LogP contribution in [-0.2, 0) is 9.84 Å². The number of nitrogens with zero attached hydrogens (tertiary/aromatic N) is 1. The molecule has 0 aliphatic heterocycles. The van der Waals surface area contributed by atoms with E-state index in [2.05, 4.69) is 10.3 Å². The maximum Gasteiger partial charge on any atom is 0.251 e. The predicted molar refractivity (Wildman–Crippen MR) is 119 cm³/mol. The number of pyridine rings is 1. The van der Waals surface area contributed by atoms with Crippen molar-refractivity contribution in [1.29, 1.82) is 0 Å². The number of rotatable bonds is 9. The van der Waals surface area contributed by atoms with E-state index >= 15 is 0 Å². The van der Waals surface area contributed by atoms with Gasteiger partial charge in [0.15, 0.2) is 21.3 Å². The Morgan fingerprint density at radius 1 is 0.969 bits per heavy atom. The van der Waals surface area contributed by atoms with Gasteiger partial charge in [0.1, 0.15) is 11.0 Å². The first-order valence-electron chi connectivity index (χ1n) is 9.68. The zero-order chi connectivity index (χ0) is 23.1. The molecule has 168 valence electrons. The highest BCUT2D eigenvalue weighted by Gasteiger charge is 2.30. The van der Waals surface area contributed by atoms with Crippen LogP contribution in [-0.4, -0.2) is 47.2 Å². The molecule has 1 aromatic heterocycles. The van der Waals surface area contributed by atoms with Crippen LogP contribution >= 0.6 is 0 Å². The van der Waals surface area contributed by atoms with E-state index in [0.29, 0.717) is 28.4 Å². The number of sulfone groups is 1. The molecular weight excluding hydrogens is 432 g/mol. The standard InChI is InChI=1S/C23H24N2O6S/c1-29-18-7-9-19(10-8-18)32(27,28)22(17-5-4-12-24-14-17)15-25-23(26)16-6-11-20(30-2)21(13-16)31-3/h4-14,22H,15H2,1-3H3,(H,25,26)/t22-/m0/s1. The van der Waals surface area contributed by atoms with Crippen LogP contribution in [0.5, 0.6) is 17.2 Å². The summed E-state index contributed by atoms with van der Waals surface area (Å²) in [6, 6.07) is 14.2. The lowest BCUT2D eigenvalue weighted by Crippen LogP contribution is -2.32. The smallest absolute Gasteiger partial charge is 0.251 e. The summed E-state index contributed by atoms with van der Waals surface area (Å²) in [6.07, 6.45) is 3.04. The van der Waals surface area contributed by atoms with Crippen molar-refractivity contribution in [3.8, 4) is 17.2 Å². The van der Waals surface area contributed by atoms with Crippen molar-refractivity contribution in [2.45, 2.75) is 10.1 Å². The Bertz CT molecular complexity index is 1160. The second-order valence-corrected chi connectivity index (χ2v) is 8.91. The molecule has 8 nitrogen and oxygen atoms in total. The average Bonchev–Trinajstić information content (AvgIpc) is 2.84. The Balaban J connectivity index is 1.88. The Hall–Kier alpha value is -3.59. The maximum absolute atomic E-state index is 13.4. The topological polar surface area (TPSA) is 104 Å². The van der Waals surface area contributed by atoms with Crippen molar-refractivity contribution in [3.63, 3.8) is 0 Å². The molecule has 9 heteroatoms. The summed E-state index contributed by atoms with van der Waals surface area (Å²) in [4.78, 5) is 16.9. The number of amides is 1. The van der Waals surface area contributed by atoms with E-state index in [4.69, 9.17) is 14.2 Å². The van der Waals surface area contributed by atoms with Gasteiger partial charge in [-0.25, -0.2) is 8.42 Å². The van der Waals surface area contributed by atoms with E-state index in [9.17, 15) is 13.2 Å². The minimum atomic E-state index is -3.84. The summed E-state index contributed by atoms with van der Waals surface area (Å²) in [5, 5.41) is 1.68. The molecule has 32 heavy (non-hydrogen) atoms. The van der Waals surface area contributed by atoms with Crippen LogP contribution in [0.1, 0.15) is 21.2 Å². The second kappa shape index (κ2) is 10.1. The van der Waals surface area contributed by atoms with Crippen LogP contribution < -0.4 is 19.5 Å². The fourth-order valence-electron chi connectivity index (χ4n) is 3.17. The van der Waals surface area contributed by atoms with Crippen molar-refractivity contribution in [1.82, 2.24) is 10.3 Å². The van der Waals surface area contributed by atoms with Gasteiger partial charge < -0.3 is 19.5 Å². The first kappa shape index (κ1) is 23.1. The molecule has 3 aromatic rings. The van der Waals surface area contributed by atoms with Gasteiger partial charge >= 0.3 is 0 Å². The zero-order valence-corrected chi connectivity index (χ0v) is 18.8. The zero-order valence-electron chi connectivity index (χ0n) is 17.9. The number of hydrogen-bond acceptors (Lipinski definition) is 7. The molecule has 0 radical (unpaired) electrons. The molecule has 1 heterocycles. The molecule has 2 aromatic carbocycles. The number of carbonyl (C=O) groups is 1. The van der Waals surface area contributed by atoms with Crippen molar-refractivity contribution in [2.24, 2.45) is 0 Å². The summed E-state index contributed by atoms with van der Waals surface area (Å²) in [6.45, 7) is -0.146. The van der Waals surface area contributed by atoms with Gasteiger partial charge in [-0.3, -0.25) is 9.78 Å². The highest BCUT2D eigenvalue weighted by molar-refractivity contribution is 7.91. The van der Waals surface area contributed by atoms with Crippen LogP contribution in [0.4, 0.5) is 0 Å². The summed E-state index contributed by atoms with van der Waals surface area (Å²) >= 11 is 0. The quantitative estimate of drug-likeness (QED) is 0.528. The van der Waals surface area contributed by atoms with E-state index in [0.717, 1.165) is 0 Å². The molecule has 0 aliphatic carbocycles. The van der Waals surface area contributed by atoms with Gasteiger partial charge in [0.05, 0.1) is 26.2 Å². The van der Waals surface area contributed by atoms with Crippen molar-refractivity contribution in [2.75, 3.05) is 27.9 Å². The van der Waals surface area contributed by atoms with Gasteiger partial charge in [-0.2, -0.15) is 0 Å². The van der Waals surface area contributed by atoms with Crippen molar-refractivity contribution >= 4 is 15.7 Å². The SMILES string of the molecule is COc1ccc(S(=O)(=O)[C@@H](CNC(=O)c2ccc(OC)c(OC)c2)c2cccnc2)cc1. The Labute approximate surface area is 187 Å². The lowest BCUT2D eigenvalue weighted by Gasteiger charge is -2.19. The lowest BCUT2D eigenvalue weighted by atomic mass is 10.1. The van der Waals surface area contributed by atoms with Crippen molar-refractivity contribution in [3.05, 3.63) is 78.1 Å². The Morgan fingerprint density at radius 2 is 1.69 bits per heavy atom. The van der Waals surface area contributed by atoms with Crippen LogP contribution in [0.2, 0.25) is 0 Å². The first-order chi connectivity index (χ1) is 15.4. The largest absolute Gasteiger partial charge is 0.497 e. The van der Waals surface area contributed by atoms with E-state index < -0.39 is 21.0 Å². The van der Waals surface area contributed by atoms with Gasteiger partial charge in [-0.15, -0.1) is 0 Å². The number of carbonyl (C=O) groups excluding carboxylic acids is 1. The van der Waals surface area contributed by atoms with E-state index in [1.165, 1.54) is 45.7 Å². The second-order valence-electron chi connectivity index (χ2n) is 6.78. The molecule has 0 bridgehead atoms. The number of aromatic nitrogens is 1. The molecular formula is C23H24N2O6S. The first-order valence-corrected chi connectivity index (χ1v) is 11.2. The number of nitrogens with one attached hydrogen (secondary N) is 1. The Kier molecular flexibility index (Phi) is 7.32. The third kappa shape index (κ3) is 5.00. The number of hydrogen-bond donors (Lipinski definition) is 1. The summed E-state index contributed by atoms with van der Waals surface area (Å²) < 4.78 is 42.3. The monoisotopic (exact) mass is 456 g/mol. The maximum atomic E-state index is 13.4. The highest BCUT2D eigenvalue weighted by atomic mass is 32.2. The predicted octanol–water partition coefficient (Wildman–Crippen LogP) is 3.05. The minimum Gasteiger partial charge on any atom is -0.497 e. The third-order valence-electron chi connectivity index (χ3n) is 4.91. The van der Waals surface area contributed by atoms with Crippen LogP contribution in [0.25, 0.3) is 0 Å². The van der Waals surface area contributed by atoms with Gasteiger partial charge in [0.25, 0.3) is 5.91 Å². The minimum absolute atomic E-state index is 0.118. The van der Waals surface area contributed by atoms with E-state index in [1.54, 1.807) is 42.6 Å². The summed E-state index contributed by atoms with van der Waals surface area (Å²) in [5.41, 5.74) is 0.783. The molecule has 0 saturated carbocycles. The lowest BCUT2D eigenvalue weighted by molar-refractivity contribution is 0.0953. The third-order valence-corrected chi connectivity index (χ3v) is 7.03. The molecule has 0 fully saturated rings. The molecule has 1 atom stereocenters. The van der Waals surface area contributed by atoms with Crippen LogP contribution in [0.3, 0.4) is 0 Å². The van der Waals surface area contributed by atoms with E-state index in [-0.39, 0.29) is 11.4 Å². The molecule has 1 amide bonds. The van der Waals surface area contributed by atoms with Crippen LogP contribution in [0.15, 0.2) is 71.9 Å². The number of methoxy groups -OCH3 is 3. The van der Waals surface area contributed by atoms with Gasteiger partial charge in [-0.05, 0) is 54.1 Å². The molecule has 0 spiro atoms. The molecule has 0 saturated heterocycles. The molecule has 3 rings (SSSR count). The molecule has 0 aliphatic rings. The fraction of sp³-hybridized carbons (Fsp3) is 0.217.